The molecule has 0 aliphatic carbocycles. The quantitative estimate of drug-likeness (QED) is 0.787. The zero-order valence-electron chi connectivity index (χ0n) is 14.9. The van der Waals surface area contributed by atoms with E-state index in [9.17, 15) is 18.4 Å². The summed E-state index contributed by atoms with van der Waals surface area (Å²) in [5.41, 5.74) is 0.132. The summed E-state index contributed by atoms with van der Waals surface area (Å²) < 4.78 is 26.3. The van der Waals surface area contributed by atoms with E-state index in [0.717, 1.165) is 37.8 Å². The Hall–Kier alpha value is -1.98. The number of hydrogen-bond donors (Lipinski definition) is 0. The molecule has 0 radical (unpaired) electrons. The van der Waals surface area contributed by atoms with E-state index in [1.54, 1.807) is 4.90 Å². The highest BCUT2D eigenvalue weighted by molar-refractivity contribution is 5.94. The van der Waals surface area contributed by atoms with E-state index in [-0.39, 0.29) is 23.3 Å². The Morgan fingerprint density at radius 3 is 2.24 bits per heavy atom. The van der Waals surface area contributed by atoms with Crippen LogP contribution in [0.15, 0.2) is 18.2 Å². The maximum Gasteiger partial charge on any atom is 0.254 e. The Balaban J connectivity index is 1.93. The van der Waals surface area contributed by atoms with Gasteiger partial charge in [-0.25, -0.2) is 8.78 Å². The minimum atomic E-state index is -1.03. The van der Waals surface area contributed by atoms with E-state index in [0.29, 0.717) is 26.2 Å². The van der Waals surface area contributed by atoms with Crippen LogP contribution < -0.4 is 0 Å². The van der Waals surface area contributed by atoms with Crippen LogP contribution in [0.2, 0.25) is 0 Å². The molecule has 1 aliphatic rings. The molecule has 0 bridgehead atoms. The number of unbranched alkanes of at least 4 members (excludes halogenated alkanes) is 1. The molecule has 138 valence electrons. The lowest BCUT2D eigenvalue weighted by Gasteiger charge is -2.36. The molecule has 1 atom stereocenters. The first kappa shape index (κ1) is 19.3. The summed E-state index contributed by atoms with van der Waals surface area (Å²) in [7, 11) is 0. The van der Waals surface area contributed by atoms with Crippen molar-refractivity contribution in [2.45, 2.75) is 39.5 Å². The summed E-state index contributed by atoms with van der Waals surface area (Å²) in [5, 5.41) is 0. The third-order valence-electron chi connectivity index (χ3n) is 4.79. The first-order valence-corrected chi connectivity index (χ1v) is 9.01. The Bertz CT molecular complexity index is 613. The fraction of sp³-hybridized carbons (Fsp3) is 0.579. The third-order valence-corrected chi connectivity index (χ3v) is 4.79. The molecule has 4 nitrogen and oxygen atoms in total. The van der Waals surface area contributed by atoms with Crippen LogP contribution in [-0.2, 0) is 4.79 Å². The number of rotatable bonds is 6. The van der Waals surface area contributed by atoms with Gasteiger partial charge < -0.3 is 9.80 Å². The minimum absolute atomic E-state index is 0.0494. The molecular formula is C19H26F2N2O2. The smallest absolute Gasteiger partial charge is 0.254 e. The first-order valence-electron chi connectivity index (χ1n) is 9.01. The lowest BCUT2D eigenvalue weighted by atomic mass is 9.97. The van der Waals surface area contributed by atoms with E-state index in [4.69, 9.17) is 0 Å². The summed E-state index contributed by atoms with van der Waals surface area (Å²) in [5.74, 6) is -2.11. The Labute approximate surface area is 147 Å². The second-order valence-corrected chi connectivity index (χ2v) is 6.49. The maximum absolute atomic E-state index is 13.3. The lowest BCUT2D eigenvalue weighted by Crippen LogP contribution is -2.52. The zero-order valence-corrected chi connectivity index (χ0v) is 14.9. The predicted octanol–water partition coefficient (Wildman–Crippen LogP) is 3.47. The van der Waals surface area contributed by atoms with Crippen molar-refractivity contribution in [1.29, 1.82) is 0 Å². The average Bonchev–Trinajstić information content (AvgIpc) is 2.64. The number of carbonyl (C=O) groups excluding carboxylic acids is 2. The monoisotopic (exact) mass is 352 g/mol. The number of halogens is 2. The molecule has 1 heterocycles. The lowest BCUT2D eigenvalue weighted by molar-refractivity contribution is -0.137. The number of hydrogen-bond acceptors (Lipinski definition) is 2. The summed E-state index contributed by atoms with van der Waals surface area (Å²) in [6.07, 6.45) is 3.84. The van der Waals surface area contributed by atoms with Gasteiger partial charge in [0.15, 0.2) is 11.6 Å². The topological polar surface area (TPSA) is 40.6 Å². The van der Waals surface area contributed by atoms with Crippen LogP contribution in [0, 0.1) is 17.6 Å². The third kappa shape index (κ3) is 4.77. The van der Waals surface area contributed by atoms with E-state index in [2.05, 4.69) is 6.92 Å². The van der Waals surface area contributed by atoms with Gasteiger partial charge in [-0.2, -0.15) is 0 Å². The van der Waals surface area contributed by atoms with E-state index in [1.165, 1.54) is 6.07 Å². The molecule has 2 rings (SSSR count). The highest BCUT2D eigenvalue weighted by atomic mass is 19.2. The Morgan fingerprint density at radius 1 is 1.04 bits per heavy atom. The van der Waals surface area contributed by atoms with Crippen LogP contribution in [0.5, 0.6) is 0 Å². The van der Waals surface area contributed by atoms with Crippen LogP contribution in [0.3, 0.4) is 0 Å². The molecule has 0 N–H and O–H groups in total. The van der Waals surface area contributed by atoms with Crippen molar-refractivity contribution in [2.24, 2.45) is 5.92 Å². The minimum Gasteiger partial charge on any atom is -0.339 e. The van der Waals surface area contributed by atoms with Crippen LogP contribution >= 0.6 is 0 Å². The van der Waals surface area contributed by atoms with E-state index >= 15 is 0 Å². The summed E-state index contributed by atoms with van der Waals surface area (Å²) in [6, 6.07) is 3.17. The van der Waals surface area contributed by atoms with Gasteiger partial charge in [0, 0.05) is 37.7 Å². The molecule has 1 aromatic carbocycles. The number of piperazine rings is 1. The highest BCUT2D eigenvalue weighted by Gasteiger charge is 2.28. The van der Waals surface area contributed by atoms with Crippen molar-refractivity contribution in [3.8, 4) is 0 Å². The molecule has 1 fully saturated rings. The van der Waals surface area contributed by atoms with Gasteiger partial charge in [-0.15, -0.1) is 0 Å². The predicted molar refractivity (Wildman–Crippen MR) is 92.1 cm³/mol. The highest BCUT2D eigenvalue weighted by Crippen LogP contribution is 2.18. The van der Waals surface area contributed by atoms with Gasteiger partial charge in [-0.05, 0) is 31.0 Å². The van der Waals surface area contributed by atoms with Crippen molar-refractivity contribution in [2.75, 3.05) is 26.2 Å². The van der Waals surface area contributed by atoms with E-state index in [1.807, 2.05) is 11.8 Å². The van der Waals surface area contributed by atoms with Crippen molar-refractivity contribution >= 4 is 11.8 Å². The largest absolute Gasteiger partial charge is 0.339 e. The van der Waals surface area contributed by atoms with Crippen LogP contribution in [0.1, 0.15) is 49.9 Å². The van der Waals surface area contributed by atoms with Crippen LogP contribution in [0.25, 0.3) is 0 Å². The van der Waals surface area contributed by atoms with Gasteiger partial charge in [-0.1, -0.05) is 26.7 Å². The Kier molecular flexibility index (Phi) is 6.91. The normalized spacial score (nSPS) is 16.0. The molecule has 1 saturated heterocycles. The van der Waals surface area contributed by atoms with Gasteiger partial charge in [0.1, 0.15) is 0 Å². The summed E-state index contributed by atoms with van der Waals surface area (Å²) in [4.78, 5) is 28.4. The zero-order chi connectivity index (χ0) is 18.4. The number of benzene rings is 1. The Morgan fingerprint density at radius 2 is 1.68 bits per heavy atom. The van der Waals surface area contributed by atoms with Crippen molar-refractivity contribution in [3.63, 3.8) is 0 Å². The SMILES string of the molecule is CCCCC(CC)C(=O)N1CCN(C(=O)c2ccc(F)c(F)c2)CC1. The second-order valence-electron chi connectivity index (χ2n) is 6.49. The van der Waals surface area contributed by atoms with Gasteiger partial charge >= 0.3 is 0 Å². The molecule has 6 heteroatoms. The molecular weight excluding hydrogens is 326 g/mol. The molecule has 1 aliphatic heterocycles. The fourth-order valence-corrected chi connectivity index (χ4v) is 3.15. The fourth-order valence-electron chi connectivity index (χ4n) is 3.15. The van der Waals surface area contributed by atoms with Gasteiger partial charge in [0.2, 0.25) is 5.91 Å². The summed E-state index contributed by atoms with van der Waals surface area (Å²) in [6.45, 7) is 5.93. The first-order chi connectivity index (χ1) is 12.0. The molecule has 1 aromatic rings. The average molecular weight is 352 g/mol. The number of carbonyl (C=O) groups is 2. The standard InChI is InChI=1S/C19H26F2N2O2/c1-3-5-6-14(4-2)18(24)22-9-11-23(12-10-22)19(25)15-7-8-16(20)17(21)13-15/h7-8,13-14H,3-6,9-12H2,1-2H3. The van der Waals surface area contributed by atoms with Crippen molar-refractivity contribution < 1.29 is 18.4 Å². The van der Waals surface area contributed by atoms with Crippen LogP contribution in [-0.4, -0.2) is 47.8 Å². The van der Waals surface area contributed by atoms with Crippen molar-refractivity contribution in [1.82, 2.24) is 9.80 Å². The molecule has 2 amide bonds. The van der Waals surface area contributed by atoms with Gasteiger partial charge in [0.05, 0.1) is 0 Å². The number of amides is 2. The molecule has 0 spiro atoms. The maximum atomic E-state index is 13.3. The molecule has 25 heavy (non-hydrogen) atoms. The van der Waals surface area contributed by atoms with Crippen LogP contribution in [0.4, 0.5) is 8.78 Å². The molecule has 0 saturated carbocycles. The number of nitrogens with zero attached hydrogens (tertiary/aromatic N) is 2. The van der Waals surface area contributed by atoms with Gasteiger partial charge in [-0.3, -0.25) is 9.59 Å². The van der Waals surface area contributed by atoms with Gasteiger partial charge in [0.25, 0.3) is 5.91 Å². The van der Waals surface area contributed by atoms with E-state index < -0.39 is 11.6 Å². The second kappa shape index (κ2) is 8.92. The molecule has 1 unspecified atom stereocenters. The molecule has 0 aromatic heterocycles. The summed E-state index contributed by atoms with van der Waals surface area (Å²) >= 11 is 0. The van der Waals surface area contributed by atoms with Crippen molar-refractivity contribution in [3.05, 3.63) is 35.4 Å².